The van der Waals surface area contributed by atoms with E-state index in [9.17, 15) is 9.59 Å². The summed E-state index contributed by atoms with van der Waals surface area (Å²) in [6.07, 6.45) is 2.90. The van der Waals surface area contributed by atoms with E-state index in [0.717, 1.165) is 24.2 Å². The van der Waals surface area contributed by atoms with Gasteiger partial charge in [0.05, 0.1) is 5.56 Å². The van der Waals surface area contributed by atoms with Crippen LogP contribution in [-0.4, -0.2) is 16.9 Å². The highest BCUT2D eigenvalue weighted by Gasteiger charge is 2.32. The lowest BCUT2D eigenvalue weighted by atomic mass is 9.84. The van der Waals surface area contributed by atoms with Crippen molar-refractivity contribution in [2.24, 2.45) is 5.41 Å². The van der Waals surface area contributed by atoms with Crippen LogP contribution in [0.5, 0.6) is 0 Å². The normalized spacial score (nSPS) is 15.0. The van der Waals surface area contributed by atoms with Gasteiger partial charge in [-0.25, -0.2) is 0 Å². The molecule has 6 heteroatoms. The summed E-state index contributed by atoms with van der Waals surface area (Å²) in [5, 5.41) is 3.87. The number of nitrogens with zero attached hydrogens (tertiary/aromatic N) is 1. The van der Waals surface area contributed by atoms with E-state index in [-0.39, 0.29) is 24.8 Å². The number of ether oxygens (including phenoxy) is 1. The van der Waals surface area contributed by atoms with E-state index < -0.39 is 5.41 Å². The number of carbonyl (C=O) groups excluding carboxylic acids is 2. The molecular formula is C15H20BrNO4. The van der Waals surface area contributed by atoms with Crippen LogP contribution in [0.4, 0.5) is 0 Å². The molecule has 1 heterocycles. The van der Waals surface area contributed by atoms with Gasteiger partial charge in [0, 0.05) is 17.8 Å². The molecule has 0 saturated heterocycles. The Hall–Kier alpha value is -1.17. The number of carbonyl (C=O) groups is 2. The minimum Gasteiger partial charge on any atom is -0.461 e. The summed E-state index contributed by atoms with van der Waals surface area (Å²) < 4.78 is 11.1. The Labute approximate surface area is 132 Å². The third kappa shape index (κ3) is 4.15. The van der Waals surface area contributed by atoms with Gasteiger partial charge in [-0.2, -0.15) is 0 Å². The Bertz CT molecular complexity index is 546. The lowest BCUT2D eigenvalue weighted by Gasteiger charge is -2.20. The van der Waals surface area contributed by atoms with Crippen molar-refractivity contribution in [1.82, 2.24) is 5.16 Å². The zero-order valence-corrected chi connectivity index (χ0v) is 14.2. The summed E-state index contributed by atoms with van der Waals surface area (Å²) in [5.74, 6) is 1.00. The van der Waals surface area contributed by atoms with Crippen LogP contribution < -0.4 is 0 Å². The average Bonchev–Trinajstić information content (AvgIpc) is 3.18. The second-order valence-corrected chi connectivity index (χ2v) is 6.94. The van der Waals surface area contributed by atoms with Crippen molar-refractivity contribution in [2.45, 2.75) is 59.0 Å². The van der Waals surface area contributed by atoms with Crippen LogP contribution in [0.1, 0.15) is 63.7 Å². The molecule has 1 fully saturated rings. The molecule has 1 aromatic rings. The smallest absolute Gasteiger partial charge is 0.306 e. The highest BCUT2D eigenvalue weighted by Crippen LogP contribution is 2.43. The van der Waals surface area contributed by atoms with E-state index in [1.807, 2.05) is 13.8 Å². The Kier molecular flexibility index (Phi) is 4.86. The maximum Gasteiger partial charge on any atom is 0.306 e. The standard InChI is InChI=1S/C15H20BrNO4/c1-9(18)15(2,3)7-6-12(19)20-8-11-13(10-4-5-10)21-17-14(11)16/h10H,4-8H2,1-3H3. The molecule has 1 aliphatic carbocycles. The molecule has 1 aromatic heterocycles. The molecule has 5 nitrogen and oxygen atoms in total. The van der Waals surface area contributed by atoms with Crippen molar-refractivity contribution < 1.29 is 18.8 Å². The van der Waals surface area contributed by atoms with E-state index in [1.165, 1.54) is 0 Å². The minimum atomic E-state index is -0.490. The lowest BCUT2D eigenvalue weighted by molar-refractivity contribution is -0.145. The number of halogens is 1. The van der Waals surface area contributed by atoms with Gasteiger partial charge < -0.3 is 9.26 Å². The first-order chi connectivity index (χ1) is 9.81. The molecule has 116 valence electrons. The number of aromatic nitrogens is 1. The van der Waals surface area contributed by atoms with Crippen LogP contribution in [-0.2, 0) is 20.9 Å². The first-order valence-electron chi connectivity index (χ1n) is 7.12. The van der Waals surface area contributed by atoms with Gasteiger partial charge >= 0.3 is 5.97 Å². The fourth-order valence-corrected chi connectivity index (χ4v) is 2.30. The zero-order chi connectivity index (χ0) is 15.6. The summed E-state index contributed by atoms with van der Waals surface area (Å²) in [6.45, 7) is 5.38. The summed E-state index contributed by atoms with van der Waals surface area (Å²) in [7, 11) is 0. The van der Waals surface area contributed by atoms with Gasteiger partial charge in [0.2, 0.25) is 0 Å². The minimum absolute atomic E-state index is 0.0769. The zero-order valence-electron chi connectivity index (χ0n) is 12.6. The second kappa shape index (κ2) is 6.30. The molecule has 0 bridgehead atoms. The maximum atomic E-state index is 11.8. The molecule has 0 amide bonds. The van der Waals surface area contributed by atoms with E-state index in [0.29, 0.717) is 16.9 Å². The largest absolute Gasteiger partial charge is 0.461 e. The van der Waals surface area contributed by atoms with Gasteiger partial charge in [-0.3, -0.25) is 9.59 Å². The average molecular weight is 358 g/mol. The molecule has 0 N–H and O–H groups in total. The SMILES string of the molecule is CC(=O)C(C)(C)CCC(=O)OCc1c(Br)noc1C1CC1. The number of hydrogen-bond donors (Lipinski definition) is 0. The van der Waals surface area contributed by atoms with Gasteiger partial charge in [0.1, 0.15) is 18.2 Å². The third-order valence-electron chi connectivity index (χ3n) is 4.00. The third-order valence-corrected chi connectivity index (χ3v) is 4.63. The van der Waals surface area contributed by atoms with Crippen LogP contribution in [0, 0.1) is 5.41 Å². The molecule has 1 saturated carbocycles. The number of Topliss-reactive ketones (excluding diaryl/α,β-unsaturated/α-hetero) is 1. The number of hydrogen-bond acceptors (Lipinski definition) is 5. The highest BCUT2D eigenvalue weighted by molar-refractivity contribution is 9.10. The fourth-order valence-electron chi connectivity index (χ4n) is 1.91. The molecule has 0 aromatic carbocycles. The quantitative estimate of drug-likeness (QED) is 0.695. The van der Waals surface area contributed by atoms with E-state index in [2.05, 4.69) is 21.1 Å². The first kappa shape index (κ1) is 16.2. The van der Waals surface area contributed by atoms with Crippen LogP contribution in [0.3, 0.4) is 0 Å². The van der Waals surface area contributed by atoms with Crippen molar-refractivity contribution in [3.63, 3.8) is 0 Å². The topological polar surface area (TPSA) is 69.4 Å². The molecule has 0 atom stereocenters. The maximum absolute atomic E-state index is 11.8. The van der Waals surface area contributed by atoms with Gasteiger partial charge in [-0.1, -0.05) is 19.0 Å². The van der Waals surface area contributed by atoms with Crippen molar-refractivity contribution >= 4 is 27.7 Å². The Morgan fingerprint density at radius 2 is 2.10 bits per heavy atom. The second-order valence-electron chi connectivity index (χ2n) is 6.19. The van der Waals surface area contributed by atoms with Crippen molar-refractivity contribution in [1.29, 1.82) is 0 Å². The number of rotatable bonds is 7. The van der Waals surface area contributed by atoms with Crippen molar-refractivity contribution in [3.05, 3.63) is 15.9 Å². The van der Waals surface area contributed by atoms with E-state index >= 15 is 0 Å². The molecule has 2 rings (SSSR count). The summed E-state index contributed by atoms with van der Waals surface area (Å²) in [5.41, 5.74) is 0.326. The van der Waals surface area contributed by atoms with Gasteiger partial charge in [0.15, 0.2) is 4.60 Å². The fraction of sp³-hybridized carbons (Fsp3) is 0.667. The van der Waals surface area contributed by atoms with Crippen LogP contribution in [0.25, 0.3) is 0 Å². The van der Waals surface area contributed by atoms with Crippen molar-refractivity contribution in [3.8, 4) is 0 Å². The lowest BCUT2D eigenvalue weighted by Crippen LogP contribution is -2.22. The van der Waals surface area contributed by atoms with Crippen LogP contribution in [0.2, 0.25) is 0 Å². The van der Waals surface area contributed by atoms with E-state index in [4.69, 9.17) is 9.26 Å². The number of esters is 1. The van der Waals surface area contributed by atoms with E-state index in [1.54, 1.807) is 6.92 Å². The first-order valence-corrected chi connectivity index (χ1v) is 7.91. The molecule has 0 radical (unpaired) electrons. The van der Waals surface area contributed by atoms with Gasteiger partial charge in [-0.05, 0) is 42.1 Å². The summed E-state index contributed by atoms with van der Waals surface area (Å²) in [4.78, 5) is 23.2. The molecule has 0 aliphatic heterocycles. The van der Waals surface area contributed by atoms with Crippen molar-refractivity contribution in [2.75, 3.05) is 0 Å². The molecule has 1 aliphatic rings. The summed E-state index contributed by atoms with van der Waals surface area (Å²) >= 11 is 3.31. The molecule has 0 spiro atoms. The van der Waals surface area contributed by atoms with Crippen LogP contribution in [0.15, 0.2) is 9.13 Å². The Morgan fingerprint density at radius 1 is 1.43 bits per heavy atom. The predicted molar refractivity (Wildman–Crippen MR) is 79.7 cm³/mol. The Morgan fingerprint density at radius 3 is 2.67 bits per heavy atom. The van der Waals surface area contributed by atoms with Gasteiger partial charge in [-0.15, -0.1) is 0 Å². The Balaban J connectivity index is 1.84. The van der Waals surface area contributed by atoms with Crippen LogP contribution >= 0.6 is 15.9 Å². The number of ketones is 1. The van der Waals surface area contributed by atoms with Gasteiger partial charge in [0.25, 0.3) is 0 Å². The molecule has 0 unspecified atom stereocenters. The molecule has 21 heavy (non-hydrogen) atoms. The highest BCUT2D eigenvalue weighted by atomic mass is 79.9. The predicted octanol–water partition coefficient (Wildman–Crippen LogP) is 3.75. The molecular weight excluding hydrogens is 338 g/mol. The summed E-state index contributed by atoms with van der Waals surface area (Å²) in [6, 6.07) is 0. The monoisotopic (exact) mass is 357 g/mol.